The minimum absolute atomic E-state index is 0.0350. The fourth-order valence-electron chi connectivity index (χ4n) is 3.47. The fourth-order valence-corrected chi connectivity index (χ4v) is 3.47. The Bertz CT molecular complexity index is 1050. The molecule has 8 nitrogen and oxygen atoms in total. The lowest BCUT2D eigenvalue weighted by molar-refractivity contribution is -0.131. The van der Waals surface area contributed by atoms with E-state index in [4.69, 9.17) is 18.9 Å². The molecule has 0 aliphatic rings. The second kappa shape index (κ2) is 13.6. The molecule has 2 rings (SSSR count). The molecule has 2 atom stereocenters. The predicted molar refractivity (Wildman–Crippen MR) is 140 cm³/mol. The summed E-state index contributed by atoms with van der Waals surface area (Å²) in [5, 5.41) is 19.7. The summed E-state index contributed by atoms with van der Waals surface area (Å²) in [6.45, 7) is 15.4. The minimum atomic E-state index is -0.771. The first-order valence-corrected chi connectivity index (χ1v) is 12.1. The molecule has 0 aliphatic carbocycles. The Hall–Kier alpha value is -3.62. The second-order valence-electron chi connectivity index (χ2n) is 8.97. The molecule has 0 heterocycles. The van der Waals surface area contributed by atoms with Gasteiger partial charge in [-0.1, -0.05) is 44.3 Å². The van der Waals surface area contributed by atoms with E-state index in [1.165, 1.54) is 0 Å². The summed E-state index contributed by atoms with van der Waals surface area (Å²) in [5.41, 5.74) is 1.78. The zero-order valence-corrected chi connectivity index (χ0v) is 22.1. The van der Waals surface area contributed by atoms with Crippen molar-refractivity contribution >= 4 is 11.9 Å². The van der Waals surface area contributed by atoms with E-state index in [-0.39, 0.29) is 53.3 Å². The summed E-state index contributed by atoms with van der Waals surface area (Å²) in [5.74, 6) is -0.642. The molecular formula is C29H36O8. The zero-order chi connectivity index (χ0) is 27.7. The van der Waals surface area contributed by atoms with Crippen LogP contribution in [0.4, 0.5) is 0 Å². The van der Waals surface area contributed by atoms with Gasteiger partial charge in [0.2, 0.25) is 0 Å². The highest BCUT2D eigenvalue weighted by Crippen LogP contribution is 2.45. The number of hydrogen-bond donors (Lipinski definition) is 2. The number of hydrogen-bond acceptors (Lipinski definition) is 8. The Morgan fingerprint density at radius 2 is 1.16 bits per heavy atom. The molecule has 0 fully saturated rings. The van der Waals surface area contributed by atoms with Crippen LogP contribution in [0.2, 0.25) is 0 Å². The molecule has 0 radical (unpaired) electrons. The standard InChI is InChI=1S/C29H36O8/c1-8-21(22-11-9-13-24(36-28(32)17(2)3)26(22)34-15-19(6)30)23-12-10-14-25(37-29(33)18(4)5)27(23)35-16-20(7)31/h9-14,19-21,30-31H,2,4,8,15-16H2,1,3,5-7H3. The lowest BCUT2D eigenvalue weighted by atomic mass is 9.87. The summed E-state index contributed by atoms with van der Waals surface area (Å²) in [4.78, 5) is 24.6. The largest absolute Gasteiger partial charge is 0.487 e. The summed E-state index contributed by atoms with van der Waals surface area (Å²) in [6.07, 6.45) is -0.980. The van der Waals surface area contributed by atoms with E-state index < -0.39 is 24.1 Å². The van der Waals surface area contributed by atoms with Crippen LogP contribution in [-0.4, -0.2) is 47.6 Å². The Labute approximate surface area is 218 Å². The molecule has 0 saturated heterocycles. The number of aliphatic hydroxyl groups is 2. The summed E-state index contributed by atoms with van der Waals surface area (Å²) < 4.78 is 23.0. The first kappa shape index (κ1) is 29.6. The lowest BCUT2D eigenvalue weighted by Crippen LogP contribution is -2.18. The Balaban J connectivity index is 2.69. The van der Waals surface area contributed by atoms with Crippen molar-refractivity contribution in [1.29, 1.82) is 0 Å². The number of carbonyl (C=O) groups excluding carboxylic acids is 2. The maximum Gasteiger partial charge on any atom is 0.338 e. The monoisotopic (exact) mass is 512 g/mol. The average Bonchev–Trinajstić information content (AvgIpc) is 2.83. The first-order valence-electron chi connectivity index (χ1n) is 12.1. The van der Waals surface area contributed by atoms with E-state index in [2.05, 4.69) is 13.2 Å². The number of rotatable bonds is 13. The molecular weight excluding hydrogens is 476 g/mol. The highest BCUT2D eigenvalue weighted by atomic mass is 16.6. The number of carbonyl (C=O) groups is 2. The highest BCUT2D eigenvalue weighted by molar-refractivity contribution is 5.89. The van der Waals surface area contributed by atoms with Crippen molar-refractivity contribution in [3.8, 4) is 23.0 Å². The van der Waals surface area contributed by atoms with Crippen molar-refractivity contribution in [2.24, 2.45) is 0 Å². The van der Waals surface area contributed by atoms with Crippen LogP contribution in [0.25, 0.3) is 0 Å². The maximum absolute atomic E-state index is 12.3. The van der Waals surface area contributed by atoms with Crippen LogP contribution in [0.5, 0.6) is 23.0 Å². The minimum Gasteiger partial charge on any atom is -0.487 e. The van der Waals surface area contributed by atoms with Crippen LogP contribution in [0.3, 0.4) is 0 Å². The van der Waals surface area contributed by atoms with Gasteiger partial charge in [0.15, 0.2) is 23.0 Å². The Morgan fingerprint density at radius 3 is 1.46 bits per heavy atom. The van der Waals surface area contributed by atoms with E-state index >= 15 is 0 Å². The smallest absolute Gasteiger partial charge is 0.338 e. The predicted octanol–water partition coefficient (Wildman–Crippen LogP) is 4.71. The molecule has 0 amide bonds. The molecule has 0 spiro atoms. The van der Waals surface area contributed by atoms with Crippen LogP contribution in [0, 0.1) is 0 Å². The van der Waals surface area contributed by atoms with Crippen LogP contribution >= 0.6 is 0 Å². The van der Waals surface area contributed by atoms with Crippen molar-refractivity contribution < 1.29 is 38.7 Å². The zero-order valence-electron chi connectivity index (χ0n) is 22.1. The fraction of sp³-hybridized carbons (Fsp3) is 0.379. The third kappa shape index (κ3) is 8.20. The summed E-state index contributed by atoms with van der Waals surface area (Å²) in [6, 6.07) is 10.3. The van der Waals surface area contributed by atoms with Crippen molar-refractivity contribution in [3.05, 3.63) is 71.8 Å². The van der Waals surface area contributed by atoms with Crippen LogP contribution in [0.15, 0.2) is 60.7 Å². The third-order valence-corrected chi connectivity index (χ3v) is 5.22. The molecule has 37 heavy (non-hydrogen) atoms. The van der Waals surface area contributed by atoms with Crippen LogP contribution < -0.4 is 18.9 Å². The molecule has 200 valence electrons. The van der Waals surface area contributed by atoms with E-state index in [0.717, 1.165) is 0 Å². The van der Waals surface area contributed by atoms with Crippen LogP contribution in [0.1, 0.15) is 58.1 Å². The molecule has 0 bridgehead atoms. The molecule has 0 aromatic heterocycles. The maximum atomic E-state index is 12.3. The number of esters is 2. The second-order valence-corrected chi connectivity index (χ2v) is 8.97. The van der Waals surface area contributed by atoms with Crippen molar-refractivity contribution in [3.63, 3.8) is 0 Å². The molecule has 2 N–H and O–H groups in total. The van der Waals surface area contributed by atoms with Gasteiger partial charge in [0.1, 0.15) is 13.2 Å². The molecule has 0 saturated carbocycles. The van der Waals surface area contributed by atoms with Gasteiger partial charge in [-0.15, -0.1) is 0 Å². The van der Waals surface area contributed by atoms with E-state index in [0.29, 0.717) is 17.5 Å². The SMILES string of the molecule is C=C(C)C(=O)Oc1cccc(C(CC)c2cccc(OC(=O)C(=C)C)c2OCC(C)O)c1OCC(C)O. The molecule has 2 unspecified atom stereocenters. The molecule has 0 aliphatic heterocycles. The summed E-state index contributed by atoms with van der Waals surface area (Å²) >= 11 is 0. The quantitative estimate of drug-likeness (QED) is 0.225. The van der Waals surface area contributed by atoms with Gasteiger partial charge >= 0.3 is 11.9 Å². The van der Waals surface area contributed by atoms with Gasteiger partial charge in [-0.3, -0.25) is 0 Å². The van der Waals surface area contributed by atoms with Gasteiger partial charge in [0, 0.05) is 28.2 Å². The molecule has 8 heteroatoms. The number of benzene rings is 2. The van der Waals surface area contributed by atoms with E-state index in [1.807, 2.05) is 19.1 Å². The average molecular weight is 513 g/mol. The third-order valence-electron chi connectivity index (χ3n) is 5.22. The molecule has 2 aromatic rings. The van der Waals surface area contributed by atoms with Crippen LogP contribution in [-0.2, 0) is 9.59 Å². The first-order chi connectivity index (χ1) is 17.5. The van der Waals surface area contributed by atoms with Gasteiger partial charge in [-0.2, -0.15) is 0 Å². The number of para-hydroxylation sites is 2. The number of aliphatic hydroxyl groups excluding tert-OH is 2. The van der Waals surface area contributed by atoms with Crippen molar-refractivity contribution in [2.75, 3.05) is 13.2 Å². The Kier molecular flexibility index (Phi) is 10.9. The van der Waals surface area contributed by atoms with E-state index in [1.54, 1.807) is 52.0 Å². The van der Waals surface area contributed by atoms with Gasteiger partial charge in [0.05, 0.1) is 12.2 Å². The van der Waals surface area contributed by atoms with Crippen molar-refractivity contribution in [1.82, 2.24) is 0 Å². The van der Waals surface area contributed by atoms with E-state index in [9.17, 15) is 19.8 Å². The number of ether oxygens (including phenoxy) is 4. The van der Waals surface area contributed by atoms with Gasteiger partial charge in [-0.25, -0.2) is 9.59 Å². The topological polar surface area (TPSA) is 112 Å². The highest BCUT2D eigenvalue weighted by Gasteiger charge is 2.27. The van der Waals surface area contributed by atoms with Gasteiger partial charge in [-0.05, 0) is 46.2 Å². The normalized spacial score (nSPS) is 13.2. The summed E-state index contributed by atoms with van der Waals surface area (Å²) in [7, 11) is 0. The van der Waals surface area contributed by atoms with Crippen molar-refractivity contribution in [2.45, 2.75) is 59.2 Å². The van der Waals surface area contributed by atoms with Gasteiger partial charge < -0.3 is 29.2 Å². The van der Waals surface area contributed by atoms with Gasteiger partial charge in [0.25, 0.3) is 0 Å². The lowest BCUT2D eigenvalue weighted by Gasteiger charge is -2.25. The molecule has 2 aromatic carbocycles. The Morgan fingerprint density at radius 1 is 0.784 bits per heavy atom.